The largest absolute Gasteiger partial charge is 0.495 e. The van der Waals surface area contributed by atoms with Gasteiger partial charge in [-0.25, -0.2) is 9.78 Å². The Kier molecular flexibility index (Phi) is 4.81. The van der Waals surface area contributed by atoms with E-state index in [2.05, 4.69) is 15.0 Å². The van der Waals surface area contributed by atoms with E-state index in [0.717, 1.165) is 21.0 Å². The molecule has 1 amide bonds. The molecule has 0 atom stereocenters. The summed E-state index contributed by atoms with van der Waals surface area (Å²) < 4.78 is 16.6. The van der Waals surface area contributed by atoms with Gasteiger partial charge in [-0.2, -0.15) is 0 Å². The van der Waals surface area contributed by atoms with Gasteiger partial charge in [0.25, 0.3) is 0 Å². The van der Waals surface area contributed by atoms with Gasteiger partial charge in [-0.3, -0.25) is 5.32 Å². The van der Waals surface area contributed by atoms with Gasteiger partial charge < -0.3 is 14.2 Å². The molecule has 0 unspecified atom stereocenters. The molecule has 1 aromatic heterocycles. The molecule has 3 rings (SSSR count). The summed E-state index contributed by atoms with van der Waals surface area (Å²) in [5.74, 6) is 1.51. The normalized spacial score (nSPS) is 10.4. The standard InChI is InChI=1S/C17H16N2O4S/c1-21-14-5-3-4-13-16(14)24-15(19-13)10-23-12-8-6-11(7-9-12)18-17(20)22-2/h3-9H,10H2,1-2H3,(H,18,20). The summed E-state index contributed by atoms with van der Waals surface area (Å²) >= 11 is 1.55. The van der Waals surface area contributed by atoms with Crippen LogP contribution in [0.1, 0.15) is 5.01 Å². The molecule has 0 aliphatic carbocycles. The second kappa shape index (κ2) is 7.18. The number of carbonyl (C=O) groups excluding carboxylic acids is 1. The Morgan fingerprint density at radius 2 is 1.96 bits per heavy atom. The minimum absolute atomic E-state index is 0.367. The number of hydrogen-bond acceptors (Lipinski definition) is 6. The molecule has 3 aromatic rings. The van der Waals surface area contributed by atoms with Crippen molar-refractivity contribution in [3.8, 4) is 11.5 Å². The lowest BCUT2D eigenvalue weighted by Gasteiger charge is -2.06. The fourth-order valence-corrected chi connectivity index (χ4v) is 3.11. The van der Waals surface area contributed by atoms with Crippen molar-refractivity contribution in [3.05, 3.63) is 47.5 Å². The zero-order valence-electron chi connectivity index (χ0n) is 13.2. The highest BCUT2D eigenvalue weighted by molar-refractivity contribution is 7.19. The van der Waals surface area contributed by atoms with Crippen molar-refractivity contribution in [2.24, 2.45) is 0 Å². The predicted octanol–water partition coefficient (Wildman–Crippen LogP) is 4.06. The SMILES string of the molecule is COC(=O)Nc1ccc(OCc2nc3cccc(OC)c3s2)cc1. The van der Waals surface area contributed by atoms with E-state index in [9.17, 15) is 4.79 Å². The minimum atomic E-state index is -0.507. The van der Waals surface area contributed by atoms with Crippen LogP contribution in [0.15, 0.2) is 42.5 Å². The molecule has 0 aliphatic heterocycles. The van der Waals surface area contributed by atoms with Crippen LogP contribution in [0, 0.1) is 0 Å². The number of rotatable bonds is 5. The van der Waals surface area contributed by atoms with Gasteiger partial charge in [0.15, 0.2) is 0 Å². The third-order valence-electron chi connectivity index (χ3n) is 3.29. The maximum Gasteiger partial charge on any atom is 0.411 e. The third-order valence-corrected chi connectivity index (χ3v) is 4.35. The second-order valence-electron chi connectivity index (χ2n) is 4.85. The molecule has 0 saturated carbocycles. The van der Waals surface area contributed by atoms with Gasteiger partial charge in [-0.05, 0) is 36.4 Å². The molecule has 0 spiro atoms. The quantitative estimate of drug-likeness (QED) is 0.756. The third kappa shape index (κ3) is 3.57. The number of aromatic nitrogens is 1. The molecule has 1 heterocycles. The number of hydrogen-bond donors (Lipinski definition) is 1. The van der Waals surface area contributed by atoms with Gasteiger partial charge in [0, 0.05) is 5.69 Å². The summed E-state index contributed by atoms with van der Waals surface area (Å²) in [7, 11) is 2.97. The first-order chi connectivity index (χ1) is 11.7. The number of benzene rings is 2. The van der Waals surface area contributed by atoms with Crippen molar-refractivity contribution >= 4 is 33.3 Å². The predicted molar refractivity (Wildman–Crippen MR) is 93.0 cm³/mol. The van der Waals surface area contributed by atoms with Crippen LogP contribution in [0.5, 0.6) is 11.5 Å². The van der Waals surface area contributed by atoms with Gasteiger partial charge in [-0.15, -0.1) is 11.3 Å². The average molecular weight is 344 g/mol. The highest BCUT2D eigenvalue weighted by atomic mass is 32.1. The molecule has 24 heavy (non-hydrogen) atoms. The van der Waals surface area contributed by atoms with Crippen LogP contribution in [-0.4, -0.2) is 25.3 Å². The highest BCUT2D eigenvalue weighted by Gasteiger charge is 2.09. The summed E-state index contributed by atoms with van der Waals surface area (Å²) in [6.45, 7) is 0.367. The smallest absolute Gasteiger partial charge is 0.411 e. The number of ether oxygens (including phenoxy) is 3. The fraction of sp³-hybridized carbons (Fsp3) is 0.176. The molecule has 0 radical (unpaired) electrons. The van der Waals surface area contributed by atoms with Crippen LogP contribution in [0.2, 0.25) is 0 Å². The summed E-state index contributed by atoms with van der Waals surface area (Å²) in [6.07, 6.45) is -0.507. The van der Waals surface area contributed by atoms with Crippen molar-refractivity contribution in [3.63, 3.8) is 0 Å². The van der Waals surface area contributed by atoms with Crippen molar-refractivity contribution in [1.29, 1.82) is 0 Å². The Bertz CT molecular complexity index is 845. The topological polar surface area (TPSA) is 69.7 Å². The van der Waals surface area contributed by atoms with E-state index in [4.69, 9.17) is 9.47 Å². The maximum absolute atomic E-state index is 11.1. The fourth-order valence-electron chi connectivity index (χ4n) is 2.14. The van der Waals surface area contributed by atoms with Crippen molar-refractivity contribution in [2.45, 2.75) is 6.61 Å². The van der Waals surface area contributed by atoms with Crippen LogP contribution in [0.4, 0.5) is 10.5 Å². The number of amides is 1. The van der Waals surface area contributed by atoms with Gasteiger partial charge in [0.2, 0.25) is 0 Å². The Morgan fingerprint density at radius 1 is 1.17 bits per heavy atom. The molecular formula is C17H16N2O4S. The Balaban J connectivity index is 1.66. The lowest BCUT2D eigenvalue weighted by atomic mass is 10.3. The zero-order valence-corrected chi connectivity index (χ0v) is 14.1. The van der Waals surface area contributed by atoms with E-state index < -0.39 is 6.09 Å². The number of fused-ring (bicyclic) bond motifs is 1. The van der Waals surface area contributed by atoms with Crippen LogP contribution in [0.25, 0.3) is 10.2 Å². The van der Waals surface area contributed by atoms with Crippen LogP contribution < -0.4 is 14.8 Å². The van der Waals surface area contributed by atoms with Gasteiger partial charge in [0.05, 0.1) is 24.4 Å². The second-order valence-corrected chi connectivity index (χ2v) is 5.93. The first-order valence-corrected chi connectivity index (χ1v) is 8.01. The van der Waals surface area contributed by atoms with Crippen molar-refractivity contribution in [1.82, 2.24) is 4.98 Å². The summed E-state index contributed by atoms with van der Waals surface area (Å²) in [6, 6.07) is 12.8. The number of nitrogens with zero attached hydrogens (tertiary/aromatic N) is 1. The number of thiazole rings is 1. The number of carbonyl (C=O) groups is 1. The van der Waals surface area contributed by atoms with E-state index in [-0.39, 0.29) is 0 Å². The zero-order chi connectivity index (χ0) is 16.9. The molecule has 0 bridgehead atoms. The molecule has 124 valence electrons. The van der Waals surface area contributed by atoms with Gasteiger partial charge in [-0.1, -0.05) is 6.07 Å². The lowest BCUT2D eigenvalue weighted by molar-refractivity contribution is 0.187. The van der Waals surface area contributed by atoms with Crippen LogP contribution >= 0.6 is 11.3 Å². The van der Waals surface area contributed by atoms with Crippen LogP contribution in [0.3, 0.4) is 0 Å². The van der Waals surface area contributed by atoms with E-state index >= 15 is 0 Å². The van der Waals surface area contributed by atoms with Gasteiger partial charge in [0.1, 0.15) is 23.1 Å². The molecule has 2 aromatic carbocycles. The summed E-state index contributed by atoms with van der Waals surface area (Å²) in [5, 5.41) is 3.45. The Labute approximate surface area is 143 Å². The molecule has 6 nitrogen and oxygen atoms in total. The van der Waals surface area contributed by atoms with Crippen molar-refractivity contribution in [2.75, 3.05) is 19.5 Å². The molecule has 7 heteroatoms. The summed E-state index contributed by atoms with van der Waals surface area (Å²) in [4.78, 5) is 15.7. The van der Waals surface area contributed by atoms with Gasteiger partial charge >= 0.3 is 6.09 Å². The molecular weight excluding hydrogens is 328 g/mol. The lowest BCUT2D eigenvalue weighted by Crippen LogP contribution is -2.10. The maximum atomic E-state index is 11.1. The number of anilines is 1. The van der Waals surface area contributed by atoms with Crippen LogP contribution in [-0.2, 0) is 11.3 Å². The average Bonchev–Trinajstić information content (AvgIpc) is 3.04. The minimum Gasteiger partial charge on any atom is -0.495 e. The highest BCUT2D eigenvalue weighted by Crippen LogP contribution is 2.31. The number of nitrogens with one attached hydrogen (secondary N) is 1. The van der Waals surface area contributed by atoms with Crippen molar-refractivity contribution < 1.29 is 19.0 Å². The van der Waals surface area contributed by atoms with E-state index in [1.54, 1.807) is 42.7 Å². The molecule has 0 saturated heterocycles. The Morgan fingerprint density at radius 3 is 2.67 bits per heavy atom. The molecule has 1 N–H and O–H groups in total. The molecule has 0 fully saturated rings. The monoisotopic (exact) mass is 344 g/mol. The van der Waals surface area contributed by atoms with E-state index in [1.165, 1.54) is 7.11 Å². The first kappa shape index (κ1) is 16.1. The number of methoxy groups -OCH3 is 2. The Hall–Kier alpha value is -2.80. The first-order valence-electron chi connectivity index (χ1n) is 7.20. The van der Waals surface area contributed by atoms with E-state index in [0.29, 0.717) is 18.0 Å². The summed E-state index contributed by atoms with van der Waals surface area (Å²) in [5.41, 5.74) is 1.54. The molecule has 0 aliphatic rings. The van der Waals surface area contributed by atoms with E-state index in [1.807, 2.05) is 18.2 Å².